The van der Waals surface area contributed by atoms with Crippen molar-refractivity contribution in [2.45, 2.75) is 19.8 Å². The number of hydrogen-bond donors (Lipinski definition) is 2. The number of aromatic nitrogens is 3. The third-order valence-corrected chi connectivity index (χ3v) is 4.53. The molecule has 2 aromatic carbocycles. The molecule has 2 N–H and O–H groups in total. The van der Waals surface area contributed by atoms with Gasteiger partial charge in [0.15, 0.2) is 0 Å². The van der Waals surface area contributed by atoms with Gasteiger partial charge in [0.25, 0.3) is 5.91 Å². The van der Waals surface area contributed by atoms with E-state index in [2.05, 4.69) is 20.4 Å². The van der Waals surface area contributed by atoms with Crippen LogP contribution in [0.3, 0.4) is 0 Å². The summed E-state index contributed by atoms with van der Waals surface area (Å²) in [5, 5.41) is 7.44. The number of hydrogen-bond acceptors (Lipinski definition) is 4. The highest BCUT2D eigenvalue weighted by Gasteiger charge is 2.16. The molecule has 0 spiro atoms. The summed E-state index contributed by atoms with van der Waals surface area (Å²) in [4.78, 5) is 20.0. The van der Waals surface area contributed by atoms with E-state index in [1.54, 1.807) is 13.0 Å². The number of rotatable bonds is 6. The Labute approximate surface area is 160 Å². The molecule has 0 aliphatic rings. The maximum Gasteiger partial charge on any atom is 0.253 e. The second kappa shape index (κ2) is 7.64. The number of carbonyl (C=O) groups excluding carboxylic acids is 1. The molecule has 0 saturated heterocycles. The smallest absolute Gasteiger partial charge is 0.253 e. The van der Waals surface area contributed by atoms with Gasteiger partial charge in [0.05, 0.1) is 5.56 Å². The van der Waals surface area contributed by atoms with Crippen LogP contribution in [0.1, 0.15) is 28.4 Å². The summed E-state index contributed by atoms with van der Waals surface area (Å²) in [6.45, 7) is 2.25. The van der Waals surface area contributed by atoms with Crippen LogP contribution >= 0.6 is 0 Å². The Morgan fingerprint density at radius 1 is 1.21 bits per heavy atom. The van der Waals surface area contributed by atoms with Crippen molar-refractivity contribution in [2.24, 2.45) is 0 Å². The number of aromatic amines is 1. The minimum absolute atomic E-state index is 0.232. The van der Waals surface area contributed by atoms with E-state index in [4.69, 9.17) is 4.52 Å². The average molecular weight is 378 g/mol. The highest BCUT2D eigenvalue weighted by atomic mass is 19.1. The van der Waals surface area contributed by atoms with Crippen molar-refractivity contribution in [3.63, 3.8) is 0 Å². The van der Waals surface area contributed by atoms with Crippen LogP contribution < -0.4 is 5.32 Å². The maximum atomic E-state index is 13.5. The zero-order valence-corrected chi connectivity index (χ0v) is 15.3. The van der Waals surface area contributed by atoms with Crippen LogP contribution in [-0.2, 0) is 6.42 Å². The summed E-state index contributed by atoms with van der Waals surface area (Å²) in [6, 6.07) is 14.0. The van der Waals surface area contributed by atoms with Gasteiger partial charge in [-0.05, 0) is 31.5 Å². The van der Waals surface area contributed by atoms with Crippen LogP contribution in [0.2, 0.25) is 0 Å². The van der Waals surface area contributed by atoms with E-state index in [0.29, 0.717) is 47.7 Å². The number of carbonyl (C=O) groups is 1. The summed E-state index contributed by atoms with van der Waals surface area (Å²) in [7, 11) is 0. The normalized spacial score (nSPS) is 11.1. The first kappa shape index (κ1) is 17.9. The summed E-state index contributed by atoms with van der Waals surface area (Å²) in [5.74, 6) is 0.477. The van der Waals surface area contributed by atoms with Gasteiger partial charge in [0, 0.05) is 35.1 Å². The maximum absolute atomic E-state index is 13.5. The van der Waals surface area contributed by atoms with E-state index >= 15 is 0 Å². The van der Waals surface area contributed by atoms with Gasteiger partial charge in [-0.2, -0.15) is 4.98 Å². The van der Waals surface area contributed by atoms with Crippen molar-refractivity contribution >= 4 is 16.8 Å². The Morgan fingerprint density at radius 3 is 2.86 bits per heavy atom. The minimum atomic E-state index is -0.369. The Morgan fingerprint density at radius 2 is 2.04 bits per heavy atom. The van der Waals surface area contributed by atoms with Gasteiger partial charge in [0.1, 0.15) is 5.82 Å². The largest absolute Gasteiger partial charge is 0.358 e. The Kier molecular flexibility index (Phi) is 4.89. The van der Waals surface area contributed by atoms with Crippen LogP contribution in [0.4, 0.5) is 4.39 Å². The Hall–Kier alpha value is -3.48. The fourth-order valence-corrected chi connectivity index (χ4v) is 3.18. The first-order valence-electron chi connectivity index (χ1n) is 9.06. The molecule has 0 fully saturated rings. The third-order valence-electron chi connectivity index (χ3n) is 4.53. The molecule has 6 nitrogen and oxygen atoms in total. The van der Waals surface area contributed by atoms with E-state index in [0.717, 1.165) is 11.1 Å². The van der Waals surface area contributed by atoms with Gasteiger partial charge in [-0.25, -0.2) is 4.39 Å². The van der Waals surface area contributed by atoms with Crippen molar-refractivity contribution in [2.75, 3.05) is 6.54 Å². The summed E-state index contributed by atoms with van der Waals surface area (Å²) in [6.07, 6.45) is 1.21. The first-order chi connectivity index (χ1) is 13.6. The third kappa shape index (κ3) is 3.64. The van der Waals surface area contributed by atoms with E-state index in [1.807, 2.05) is 30.3 Å². The predicted octanol–water partition coefficient (Wildman–Crippen LogP) is 4.03. The molecule has 0 aliphatic heterocycles. The zero-order valence-electron chi connectivity index (χ0n) is 15.3. The van der Waals surface area contributed by atoms with Crippen LogP contribution in [0.25, 0.3) is 22.3 Å². The number of H-pyrrole nitrogens is 1. The van der Waals surface area contributed by atoms with Gasteiger partial charge >= 0.3 is 0 Å². The molecule has 2 aromatic heterocycles. The topological polar surface area (TPSA) is 83.8 Å². The lowest BCUT2D eigenvalue weighted by molar-refractivity contribution is 0.0954. The average Bonchev–Trinajstić information content (AvgIpc) is 3.29. The van der Waals surface area contributed by atoms with Crippen molar-refractivity contribution in [1.29, 1.82) is 0 Å². The fraction of sp³-hybridized carbons (Fsp3) is 0.190. The van der Waals surface area contributed by atoms with Crippen LogP contribution in [-0.4, -0.2) is 27.6 Å². The lowest BCUT2D eigenvalue weighted by Crippen LogP contribution is -2.25. The lowest BCUT2D eigenvalue weighted by Gasteiger charge is -2.04. The monoisotopic (exact) mass is 378 g/mol. The number of benzene rings is 2. The number of fused-ring (bicyclic) bond motifs is 1. The molecule has 0 saturated carbocycles. The molecule has 4 aromatic rings. The van der Waals surface area contributed by atoms with E-state index in [9.17, 15) is 9.18 Å². The standard InChI is InChI=1S/C21H19FN4O2/c1-13-19(16-12-15(22)9-10-17(16)24-13)21(27)23-11-5-8-18-25-20(26-28-18)14-6-3-2-4-7-14/h2-4,6-7,9-10,12,24H,5,8,11H2,1H3,(H,23,27). The molecule has 0 radical (unpaired) electrons. The second-order valence-corrected chi connectivity index (χ2v) is 6.55. The summed E-state index contributed by atoms with van der Waals surface area (Å²) < 4.78 is 18.8. The number of amides is 1. The van der Waals surface area contributed by atoms with Gasteiger partial charge in [-0.15, -0.1) is 0 Å². The molecule has 0 bridgehead atoms. The number of aryl methyl sites for hydroxylation is 2. The van der Waals surface area contributed by atoms with E-state index in [-0.39, 0.29) is 11.7 Å². The molecular formula is C21H19FN4O2. The van der Waals surface area contributed by atoms with Gasteiger partial charge in [-0.3, -0.25) is 4.79 Å². The van der Waals surface area contributed by atoms with Crippen molar-refractivity contribution in [1.82, 2.24) is 20.4 Å². The van der Waals surface area contributed by atoms with Gasteiger partial charge in [-0.1, -0.05) is 35.5 Å². The van der Waals surface area contributed by atoms with Crippen molar-refractivity contribution in [3.8, 4) is 11.4 Å². The van der Waals surface area contributed by atoms with Crippen LogP contribution in [0, 0.1) is 12.7 Å². The first-order valence-corrected chi connectivity index (χ1v) is 9.06. The molecule has 142 valence electrons. The SMILES string of the molecule is Cc1[nH]c2ccc(F)cc2c1C(=O)NCCCc1nc(-c2ccccc2)no1. The molecular weight excluding hydrogens is 359 g/mol. The molecule has 0 atom stereocenters. The van der Waals surface area contributed by atoms with Crippen LogP contribution in [0.5, 0.6) is 0 Å². The summed E-state index contributed by atoms with van der Waals surface area (Å²) in [5.41, 5.74) is 2.82. The number of nitrogens with zero attached hydrogens (tertiary/aromatic N) is 2. The summed E-state index contributed by atoms with van der Waals surface area (Å²) >= 11 is 0. The van der Waals surface area contributed by atoms with E-state index < -0.39 is 0 Å². The fourth-order valence-electron chi connectivity index (χ4n) is 3.18. The Balaban J connectivity index is 1.35. The zero-order chi connectivity index (χ0) is 19.5. The molecule has 2 heterocycles. The van der Waals surface area contributed by atoms with E-state index in [1.165, 1.54) is 12.1 Å². The second-order valence-electron chi connectivity index (χ2n) is 6.55. The molecule has 28 heavy (non-hydrogen) atoms. The number of halogens is 1. The highest BCUT2D eigenvalue weighted by molar-refractivity contribution is 6.08. The lowest BCUT2D eigenvalue weighted by atomic mass is 10.1. The molecule has 4 rings (SSSR count). The molecule has 7 heteroatoms. The van der Waals surface area contributed by atoms with Crippen molar-refractivity contribution < 1.29 is 13.7 Å². The van der Waals surface area contributed by atoms with Crippen molar-refractivity contribution in [3.05, 3.63) is 71.5 Å². The minimum Gasteiger partial charge on any atom is -0.358 e. The predicted molar refractivity (Wildman–Crippen MR) is 103 cm³/mol. The Bertz CT molecular complexity index is 1120. The highest BCUT2D eigenvalue weighted by Crippen LogP contribution is 2.23. The number of nitrogens with one attached hydrogen (secondary N) is 2. The molecule has 0 aliphatic carbocycles. The van der Waals surface area contributed by atoms with Gasteiger partial charge < -0.3 is 14.8 Å². The molecule has 0 unspecified atom stereocenters. The molecule has 1 amide bonds. The quantitative estimate of drug-likeness (QED) is 0.496. The van der Waals surface area contributed by atoms with Crippen LogP contribution in [0.15, 0.2) is 53.1 Å². The van der Waals surface area contributed by atoms with Gasteiger partial charge in [0.2, 0.25) is 11.7 Å².